The molecule has 18 N–H and O–H groups in total. The minimum atomic E-state index is -2.36. The van der Waals surface area contributed by atoms with E-state index >= 15 is 0 Å². The lowest BCUT2D eigenvalue weighted by molar-refractivity contribution is -0.299. The number of nitrogens with one attached hydrogen (secondary N) is 3. The molecule has 2 amide bonds. The van der Waals surface area contributed by atoms with Crippen LogP contribution in [0, 0.1) is 5.92 Å². The Kier molecular flexibility index (Phi) is 28.2. The summed E-state index contributed by atoms with van der Waals surface area (Å²) >= 11 is 0. The second-order valence-corrected chi connectivity index (χ2v) is 18.6. The summed E-state index contributed by atoms with van der Waals surface area (Å²) < 4.78 is 23.3. The molecule has 0 spiro atoms. The molecule has 2 saturated heterocycles. The highest BCUT2D eigenvalue weighted by atomic mass is 16.7. The van der Waals surface area contributed by atoms with Crippen LogP contribution in [0.3, 0.4) is 0 Å². The molecular formula is C49H79N5O19. The molecule has 0 unspecified atom stereocenters. The number of esters is 1. The van der Waals surface area contributed by atoms with Gasteiger partial charge in [0.25, 0.3) is 0 Å². The molecule has 2 fully saturated rings. The molecule has 0 aliphatic carbocycles. The molecule has 0 aromatic heterocycles. The molecule has 3 aliphatic heterocycles. The fourth-order valence-electron chi connectivity index (χ4n) is 8.15. The molecule has 0 saturated carbocycles. The number of nitrogens with zero attached hydrogens (tertiary/aromatic N) is 1. The monoisotopic (exact) mass is 1040 g/mol. The fraction of sp³-hybridized carbons (Fsp3) is 0.653. The topological polar surface area (TPSA) is 409 Å². The SMILES string of the molecule is C[C@H]1C[C@H](O)[C@@H](C)/C=C/C=C/C=C/C=C/C=C/C=C/C=C/[C@H](O[C@@H]2OC[C@@H](O)[C@H](N=C(N)NO)[C@@H]2O)C[C@@H]2O[C@](O)(C[C@@H](O)C[C@@H](O)[C@H](O)CC[C@@H](O)C[C@@H](O)CC(=O)O1)C[C@H](O)[C@H]2NC(=O)NC[C@H](O)CO. The number of carbonyl (C=O) groups excluding carboxylic acids is 2. The number of carbonyl (C=O) groups is 2. The largest absolute Gasteiger partial charge is 0.462 e. The number of ether oxygens (including phenoxy) is 4. The second kappa shape index (κ2) is 32.8. The van der Waals surface area contributed by atoms with E-state index in [4.69, 9.17) is 24.7 Å². The minimum Gasteiger partial charge on any atom is -0.462 e. The van der Waals surface area contributed by atoms with Crippen LogP contribution in [-0.4, -0.2) is 208 Å². The molecule has 414 valence electrons. The number of allylic oxidation sites excluding steroid dienone is 12. The van der Waals surface area contributed by atoms with Crippen molar-refractivity contribution < 1.29 is 95.0 Å². The molecule has 3 rings (SSSR count). The molecule has 2 bridgehead atoms. The quantitative estimate of drug-likeness (QED) is 0.0553. The van der Waals surface area contributed by atoms with E-state index in [1.165, 1.54) is 6.08 Å². The zero-order valence-corrected chi connectivity index (χ0v) is 41.2. The van der Waals surface area contributed by atoms with Gasteiger partial charge in [0.1, 0.15) is 24.4 Å². The van der Waals surface area contributed by atoms with E-state index in [1.807, 2.05) is 6.92 Å². The molecule has 3 aliphatic rings. The summed E-state index contributed by atoms with van der Waals surface area (Å²) in [6, 6.07) is -3.60. The standard InChI is InChI=1S/C49H79N5O19/c1-29-15-13-11-9-7-5-3-4-6-8-10-12-14-16-35(72-46-45(66)44(40(64)28-70-46)52-47(50)54-69)23-41-43(53-48(67)51-26-34(59)27-55)39(63)25-49(68,73-41)24-33(58)21-38(62)36(60)18-17-31(56)20-32(57)22-42(65)71-30(2)19-37(29)61/h3-16,29-41,43-46,55-64,66,68-69H,17-28H2,1-2H3,(H3,50,52,54)(H2,51,53,67)/b4-3+,7-5+,8-6+,11-9+,12-10+,15-13+,16-14+/t29-,30-,31+,32+,33-,34-,35-,36+,37-,38+,39-,40+,41-,43+,44-,45-,46-,49+/m0/s1. The number of urea groups is 1. The molecule has 24 nitrogen and oxygen atoms in total. The normalized spacial score (nSPS) is 40.3. The number of aliphatic hydroxyl groups is 12. The van der Waals surface area contributed by atoms with E-state index in [0.717, 1.165) is 0 Å². The van der Waals surface area contributed by atoms with Gasteiger partial charge < -0.3 is 96.6 Å². The Morgan fingerprint density at radius 3 is 2.01 bits per heavy atom. The molecule has 73 heavy (non-hydrogen) atoms. The van der Waals surface area contributed by atoms with Crippen molar-refractivity contribution >= 4 is 18.0 Å². The number of nitrogens with two attached hydrogens (primary N) is 1. The summed E-state index contributed by atoms with van der Waals surface area (Å²) in [7, 11) is 0. The molecule has 18 atom stereocenters. The van der Waals surface area contributed by atoms with Gasteiger partial charge in [0.2, 0.25) is 5.96 Å². The van der Waals surface area contributed by atoms with Gasteiger partial charge in [-0.1, -0.05) is 92.0 Å². The van der Waals surface area contributed by atoms with Gasteiger partial charge in [-0.2, -0.15) is 0 Å². The maximum absolute atomic E-state index is 13.1. The molecule has 0 radical (unpaired) electrons. The highest BCUT2D eigenvalue weighted by molar-refractivity contribution is 5.76. The first-order valence-corrected chi connectivity index (χ1v) is 24.4. The summed E-state index contributed by atoms with van der Waals surface area (Å²) in [5.74, 6) is -3.91. The summed E-state index contributed by atoms with van der Waals surface area (Å²) in [4.78, 5) is 29.5. The Bertz CT molecular complexity index is 1890. The lowest BCUT2D eigenvalue weighted by Crippen LogP contribution is -2.63. The van der Waals surface area contributed by atoms with Crippen LogP contribution in [0.4, 0.5) is 4.79 Å². The van der Waals surface area contributed by atoms with Gasteiger partial charge in [-0.15, -0.1) is 0 Å². The summed E-state index contributed by atoms with van der Waals surface area (Å²) in [6.07, 6.45) is 2.20. The van der Waals surface area contributed by atoms with Gasteiger partial charge in [-0.05, 0) is 26.2 Å². The van der Waals surface area contributed by atoms with Crippen LogP contribution in [-0.2, 0) is 23.7 Å². The zero-order chi connectivity index (χ0) is 54.1. The maximum atomic E-state index is 13.1. The van der Waals surface area contributed by atoms with Crippen molar-refractivity contribution in [3.05, 3.63) is 85.1 Å². The summed E-state index contributed by atoms with van der Waals surface area (Å²) in [5.41, 5.74) is 7.21. The van der Waals surface area contributed by atoms with Crippen molar-refractivity contribution in [1.29, 1.82) is 0 Å². The number of cyclic esters (lactones) is 1. The summed E-state index contributed by atoms with van der Waals surface area (Å²) in [6.45, 7) is 1.96. The number of amides is 2. The van der Waals surface area contributed by atoms with Crippen LogP contribution in [0.15, 0.2) is 90.1 Å². The predicted octanol–water partition coefficient (Wildman–Crippen LogP) is -2.27. The van der Waals surface area contributed by atoms with E-state index < -0.39 is 160 Å². The fourth-order valence-corrected chi connectivity index (χ4v) is 8.15. The van der Waals surface area contributed by atoms with Crippen molar-refractivity contribution in [3.8, 4) is 0 Å². The van der Waals surface area contributed by atoms with E-state index in [-0.39, 0.29) is 44.6 Å². The van der Waals surface area contributed by atoms with Crippen LogP contribution in [0.5, 0.6) is 0 Å². The second-order valence-electron chi connectivity index (χ2n) is 18.6. The van der Waals surface area contributed by atoms with Crippen molar-refractivity contribution in [1.82, 2.24) is 16.1 Å². The van der Waals surface area contributed by atoms with Gasteiger partial charge >= 0.3 is 12.0 Å². The molecule has 3 heterocycles. The Morgan fingerprint density at radius 1 is 0.781 bits per heavy atom. The third-order valence-corrected chi connectivity index (χ3v) is 12.1. The highest BCUT2D eigenvalue weighted by Gasteiger charge is 2.49. The molecule has 24 heteroatoms. The van der Waals surface area contributed by atoms with Crippen molar-refractivity contribution in [2.75, 3.05) is 19.8 Å². The van der Waals surface area contributed by atoms with Crippen molar-refractivity contribution in [2.24, 2.45) is 16.6 Å². The first kappa shape index (κ1) is 62.8. The van der Waals surface area contributed by atoms with Crippen LogP contribution >= 0.6 is 0 Å². The Labute approximate surface area is 424 Å². The van der Waals surface area contributed by atoms with Crippen molar-refractivity contribution in [2.45, 2.75) is 175 Å². The van der Waals surface area contributed by atoms with Crippen LogP contribution < -0.4 is 21.8 Å². The van der Waals surface area contributed by atoms with Gasteiger partial charge in [-0.3, -0.25) is 10.0 Å². The number of hydroxylamine groups is 1. The van der Waals surface area contributed by atoms with E-state index in [2.05, 4.69) is 15.6 Å². The third-order valence-electron chi connectivity index (χ3n) is 12.1. The first-order valence-electron chi connectivity index (χ1n) is 24.4. The first-order chi connectivity index (χ1) is 34.6. The number of hydrogen-bond acceptors (Lipinski definition) is 20. The molecule has 0 aromatic carbocycles. The van der Waals surface area contributed by atoms with Gasteiger partial charge in [0, 0.05) is 44.6 Å². The lowest BCUT2D eigenvalue weighted by Gasteiger charge is -2.46. The van der Waals surface area contributed by atoms with Crippen LogP contribution in [0.25, 0.3) is 0 Å². The van der Waals surface area contributed by atoms with Crippen LogP contribution in [0.2, 0.25) is 0 Å². The van der Waals surface area contributed by atoms with Gasteiger partial charge in [0.05, 0.1) is 86.7 Å². The predicted molar refractivity (Wildman–Crippen MR) is 262 cm³/mol. The third kappa shape index (κ3) is 23.7. The number of aliphatic hydroxyl groups excluding tert-OH is 11. The Hall–Kier alpha value is -4.45. The number of hydrogen-bond donors (Lipinski definition) is 17. The Morgan fingerprint density at radius 2 is 1.40 bits per heavy atom. The average Bonchev–Trinajstić information content (AvgIpc) is 3.32. The van der Waals surface area contributed by atoms with Crippen LogP contribution in [0.1, 0.15) is 71.6 Å². The average molecular weight is 1040 g/mol. The van der Waals surface area contributed by atoms with Crippen molar-refractivity contribution in [3.63, 3.8) is 0 Å². The lowest BCUT2D eigenvalue weighted by atomic mass is 9.87. The number of rotatable bonds is 7. The molecule has 0 aromatic rings. The number of guanidine groups is 1. The Balaban J connectivity index is 1.95. The summed E-state index contributed by atoms with van der Waals surface area (Å²) in [5, 5.41) is 143. The molecular weight excluding hydrogens is 963 g/mol. The minimum absolute atomic E-state index is 0.131. The van der Waals surface area contributed by atoms with E-state index in [1.54, 1.807) is 91.4 Å². The maximum Gasteiger partial charge on any atom is 0.315 e. The highest BCUT2D eigenvalue weighted by Crippen LogP contribution is 2.35. The van der Waals surface area contributed by atoms with Gasteiger partial charge in [0.15, 0.2) is 12.1 Å². The zero-order valence-electron chi connectivity index (χ0n) is 41.2. The number of fused-ring (bicyclic) bond motifs is 2. The number of aliphatic imine (C=N–C) groups is 1. The van der Waals surface area contributed by atoms with Gasteiger partial charge in [-0.25, -0.2) is 15.3 Å². The smallest absolute Gasteiger partial charge is 0.315 e. The van der Waals surface area contributed by atoms with E-state index in [0.29, 0.717) is 0 Å². The van der Waals surface area contributed by atoms with E-state index in [9.17, 15) is 76.1 Å².